The van der Waals surface area contributed by atoms with Gasteiger partial charge in [-0.05, 0) is 39.7 Å². The molecule has 1 aromatic heterocycles. The predicted molar refractivity (Wildman–Crippen MR) is 154 cm³/mol. The van der Waals surface area contributed by atoms with Crippen LogP contribution in [-0.2, 0) is 36.2 Å². The highest BCUT2D eigenvalue weighted by Crippen LogP contribution is 2.48. The van der Waals surface area contributed by atoms with Gasteiger partial charge < -0.3 is 33.1 Å². The van der Waals surface area contributed by atoms with Crippen molar-refractivity contribution in [2.45, 2.75) is 52.8 Å². The molecule has 43 heavy (non-hydrogen) atoms. The monoisotopic (exact) mass is 628 g/mol. The fraction of sp³-hybridized carbons (Fsp3) is 0.552. The van der Waals surface area contributed by atoms with E-state index in [9.17, 15) is 27.7 Å². The van der Waals surface area contributed by atoms with Gasteiger partial charge >= 0.3 is 7.60 Å². The zero-order valence-corrected chi connectivity index (χ0v) is 26.0. The summed E-state index contributed by atoms with van der Waals surface area (Å²) in [6.45, 7) is 5.78. The molecule has 1 N–H and O–H groups in total. The van der Waals surface area contributed by atoms with E-state index in [2.05, 4.69) is 5.32 Å². The van der Waals surface area contributed by atoms with Crippen LogP contribution in [0.2, 0.25) is 0 Å². The summed E-state index contributed by atoms with van der Waals surface area (Å²) in [5.41, 5.74) is -2.25. The summed E-state index contributed by atoms with van der Waals surface area (Å²) in [5.74, 6) is -3.17. The quantitative estimate of drug-likeness (QED) is 0.213. The molecule has 0 fully saturated rings. The molecule has 11 nitrogen and oxygen atoms in total. The number of Topliss-reactive ketones (excluding diaryl/α,β-unsaturated/α-hetero) is 1. The number of nitrogens with zero attached hydrogens (tertiary/aromatic N) is 1. The molecule has 1 aromatic carbocycles. The third-order valence-electron chi connectivity index (χ3n) is 7.32. The van der Waals surface area contributed by atoms with Gasteiger partial charge in [0.25, 0.3) is 5.91 Å². The highest BCUT2D eigenvalue weighted by atomic mass is 31.2. The topological polar surface area (TPSA) is 131 Å². The van der Waals surface area contributed by atoms with Crippen LogP contribution in [-0.4, -0.2) is 69.2 Å². The molecule has 3 rings (SSSR count). The minimum absolute atomic E-state index is 0.00993. The van der Waals surface area contributed by atoms with Gasteiger partial charge in [-0.3, -0.25) is 18.9 Å². The van der Waals surface area contributed by atoms with Crippen LogP contribution in [0, 0.1) is 17.0 Å². The largest absolute Gasteiger partial charge is 0.491 e. The molecule has 2 atom stereocenters. The number of methoxy groups -OCH3 is 2. The van der Waals surface area contributed by atoms with Gasteiger partial charge in [-0.25, -0.2) is 8.78 Å². The summed E-state index contributed by atoms with van der Waals surface area (Å²) < 4.78 is 69.1. The van der Waals surface area contributed by atoms with Crippen molar-refractivity contribution in [2.75, 3.05) is 46.8 Å². The van der Waals surface area contributed by atoms with Crippen molar-refractivity contribution in [1.29, 1.82) is 0 Å². The number of hydrogen-bond acceptors (Lipinski definition) is 9. The number of carbonyl (C=O) groups is 2. The highest BCUT2D eigenvalue weighted by molar-refractivity contribution is 7.53. The second-order valence-corrected chi connectivity index (χ2v) is 12.4. The lowest BCUT2D eigenvalue weighted by Gasteiger charge is -2.41. The lowest BCUT2D eigenvalue weighted by Crippen LogP contribution is -2.51. The number of fused-ring (bicyclic) bond motifs is 1. The van der Waals surface area contributed by atoms with Crippen molar-refractivity contribution in [3.8, 4) is 5.75 Å². The Balaban J connectivity index is 1.89. The van der Waals surface area contributed by atoms with Gasteiger partial charge in [-0.1, -0.05) is 6.07 Å². The van der Waals surface area contributed by atoms with E-state index in [-0.39, 0.29) is 74.7 Å². The molecule has 2 heterocycles. The Kier molecular flexibility index (Phi) is 12.2. The highest BCUT2D eigenvalue weighted by Gasteiger charge is 2.48. The van der Waals surface area contributed by atoms with Gasteiger partial charge in [0.15, 0.2) is 11.5 Å². The summed E-state index contributed by atoms with van der Waals surface area (Å²) in [5, 5.41) is 2.46. The second-order valence-electron chi connectivity index (χ2n) is 10.2. The molecule has 1 aliphatic rings. The molecule has 0 aliphatic carbocycles. The summed E-state index contributed by atoms with van der Waals surface area (Å²) >= 11 is 0. The number of aromatic nitrogens is 1. The number of rotatable bonds is 16. The molecule has 0 radical (unpaired) electrons. The molecule has 0 spiro atoms. The molecule has 2 aromatic rings. The Hall–Kier alpha value is -2.96. The number of ketones is 1. The number of halogens is 2. The SMILES string of the molecule is CCOP(=O)(CCCOC1Cn2cc(C(=O)NCc3ccc(F)cc3F)c(=O)c(OC)c2C(=O)C1(C)CCOC)OCC. The van der Waals surface area contributed by atoms with Crippen molar-refractivity contribution >= 4 is 19.3 Å². The Morgan fingerprint density at radius 2 is 1.84 bits per heavy atom. The van der Waals surface area contributed by atoms with Gasteiger partial charge in [0, 0.05) is 44.7 Å². The van der Waals surface area contributed by atoms with Gasteiger partial charge in [0.05, 0.1) is 44.5 Å². The molecular weight excluding hydrogens is 589 g/mol. The third-order valence-corrected chi connectivity index (χ3v) is 9.49. The number of benzene rings is 1. The van der Waals surface area contributed by atoms with Crippen LogP contribution in [0.1, 0.15) is 60.0 Å². The first-order valence-electron chi connectivity index (χ1n) is 14.0. The Morgan fingerprint density at radius 3 is 2.44 bits per heavy atom. The third kappa shape index (κ3) is 7.96. The number of nitrogens with one attached hydrogen (secondary N) is 1. The van der Waals surface area contributed by atoms with E-state index in [1.54, 1.807) is 20.8 Å². The zero-order chi connectivity index (χ0) is 31.8. The average molecular weight is 629 g/mol. The smallest absolute Gasteiger partial charge is 0.330 e. The maximum absolute atomic E-state index is 14.1. The van der Waals surface area contributed by atoms with E-state index in [0.29, 0.717) is 12.5 Å². The molecule has 0 bridgehead atoms. The summed E-state index contributed by atoms with van der Waals surface area (Å²) in [4.78, 5) is 40.3. The van der Waals surface area contributed by atoms with E-state index in [1.165, 1.54) is 31.0 Å². The van der Waals surface area contributed by atoms with Gasteiger partial charge in [0.1, 0.15) is 22.9 Å². The predicted octanol–water partition coefficient (Wildman–Crippen LogP) is 4.35. The summed E-state index contributed by atoms with van der Waals surface area (Å²) in [7, 11) is -0.549. The van der Waals surface area contributed by atoms with Crippen molar-refractivity contribution in [3.05, 3.63) is 63.1 Å². The minimum atomic E-state index is -3.28. The Labute approximate surface area is 249 Å². The molecule has 238 valence electrons. The molecule has 2 unspecified atom stereocenters. The number of hydrogen-bond donors (Lipinski definition) is 1. The van der Waals surface area contributed by atoms with Crippen molar-refractivity contribution in [1.82, 2.24) is 9.88 Å². The summed E-state index contributed by atoms with van der Waals surface area (Å²) in [6.07, 6.45) is 1.26. The normalized spacial score (nSPS) is 18.4. The van der Waals surface area contributed by atoms with E-state index in [0.717, 1.165) is 6.07 Å². The first-order valence-corrected chi connectivity index (χ1v) is 15.7. The first kappa shape index (κ1) is 34.5. The fourth-order valence-electron chi connectivity index (χ4n) is 4.97. The van der Waals surface area contributed by atoms with E-state index < -0.39 is 47.9 Å². The van der Waals surface area contributed by atoms with Crippen LogP contribution in [0.3, 0.4) is 0 Å². The van der Waals surface area contributed by atoms with Crippen LogP contribution < -0.4 is 15.5 Å². The van der Waals surface area contributed by atoms with Gasteiger partial charge in [-0.2, -0.15) is 0 Å². The maximum atomic E-state index is 14.1. The van der Waals surface area contributed by atoms with Crippen LogP contribution in [0.5, 0.6) is 5.75 Å². The summed E-state index contributed by atoms with van der Waals surface area (Å²) in [6, 6.07) is 2.94. The Morgan fingerprint density at radius 1 is 1.14 bits per heavy atom. The second kappa shape index (κ2) is 15.2. The first-order chi connectivity index (χ1) is 20.4. The van der Waals surface area contributed by atoms with Crippen LogP contribution in [0.4, 0.5) is 8.78 Å². The molecular formula is C29H39F2N2O9P. The average Bonchev–Trinajstić information content (AvgIpc) is 2.96. The van der Waals surface area contributed by atoms with Crippen LogP contribution in [0.15, 0.2) is 29.2 Å². The fourth-order valence-corrected chi connectivity index (χ4v) is 6.61. The van der Waals surface area contributed by atoms with E-state index in [1.807, 2.05) is 0 Å². The number of ether oxygens (including phenoxy) is 3. The van der Waals surface area contributed by atoms with Gasteiger partial charge in [-0.15, -0.1) is 0 Å². The lowest BCUT2D eigenvalue weighted by atomic mass is 9.73. The molecule has 0 saturated heterocycles. The van der Waals surface area contributed by atoms with Crippen molar-refractivity contribution < 1.29 is 46.2 Å². The van der Waals surface area contributed by atoms with Gasteiger partial charge in [0.2, 0.25) is 5.43 Å². The number of pyridine rings is 1. The number of amides is 1. The van der Waals surface area contributed by atoms with E-state index in [4.69, 9.17) is 23.3 Å². The molecule has 0 saturated carbocycles. The van der Waals surface area contributed by atoms with E-state index >= 15 is 0 Å². The molecule has 1 amide bonds. The molecule has 1 aliphatic heterocycles. The maximum Gasteiger partial charge on any atom is 0.330 e. The zero-order valence-electron chi connectivity index (χ0n) is 25.1. The minimum Gasteiger partial charge on any atom is -0.491 e. The van der Waals surface area contributed by atoms with Crippen LogP contribution >= 0.6 is 7.60 Å². The molecule has 14 heteroatoms. The lowest BCUT2D eigenvalue weighted by molar-refractivity contribution is -0.0487. The Bertz CT molecular complexity index is 1410. The van der Waals surface area contributed by atoms with Crippen LogP contribution in [0.25, 0.3) is 0 Å². The van der Waals surface area contributed by atoms with Crippen molar-refractivity contribution in [2.24, 2.45) is 5.41 Å². The van der Waals surface area contributed by atoms with Crippen molar-refractivity contribution in [3.63, 3.8) is 0 Å². The number of carbonyl (C=O) groups excluding carboxylic acids is 2. The standard InChI is InChI=1S/C29H39F2N2O9P/c1-6-41-43(37,42-7-2)14-8-12-40-23-18-33-17-21(28(36)32-16-19-9-10-20(30)15-22(19)31)25(34)26(39-5)24(33)27(35)29(23,3)11-13-38-4/h9-10,15,17,23H,6-8,11-14,16,18H2,1-5H3,(H,32,36).